The number of piperidine rings is 1. The van der Waals surface area contributed by atoms with Crippen molar-refractivity contribution in [2.45, 2.75) is 24.6 Å². The molecule has 1 aliphatic heterocycles. The van der Waals surface area contributed by atoms with Crippen LogP contribution in [0.2, 0.25) is 0 Å². The zero-order chi connectivity index (χ0) is 15.1. The van der Waals surface area contributed by atoms with E-state index in [-0.39, 0.29) is 23.6 Å². The highest BCUT2D eigenvalue weighted by molar-refractivity contribution is 6.20. The molecule has 22 heavy (non-hydrogen) atoms. The smallest absolute Gasteiger partial charge is 0.191 e. The van der Waals surface area contributed by atoms with Crippen LogP contribution in [0.25, 0.3) is 0 Å². The molecule has 0 aromatic carbocycles. The Morgan fingerprint density at radius 1 is 1.45 bits per heavy atom. The summed E-state index contributed by atoms with van der Waals surface area (Å²) in [6.45, 7) is 3.30. The molecule has 1 aromatic rings. The number of likely N-dealkylation sites (tertiary alicyclic amines) is 1. The van der Waals surface area contributed by atoms with Crippen LogP contribution in [-0.4, -0.2) is 42.4 Å². The number of hydroxylamine groups is 1. The molecule has 0 saturated carbocycles. The second-order valence-electron chi connectivity index (χ2n) is 5.20. The van der Waals surface area contributed by atoms with Crippen LogP contribution in [0.15, 0.2) is 24.5 Å². The summed E-state index contributed by atoms with van der Waals surface area (Å²) >= 11 is 6.24. The number of alkyl halides is 1. The van der Waals surface area contributed by atoms with Gasteiger partial charge >= 0.3 is 0 Å². The third kappa shape index (κ3) is 6.36. The van der Waals surface area contributed by atoms with E-state index in [9.17, 15) is 5.21 Å². The molecule has 0 radical (unpaired) electrons. The molecule has 1 fully saturated rings. The van der Waals surface area contributed by atoms with Gasteiger partial charge in [0, 0.05) is 12.6 Å². The average molecular weight is 349 g/mol. The molecule has 2 rings (SSSR count). The normalized spacial score (nSPS) is 16.6. The Kier molecular flexibility index (Phi) is 8.48. The molecule has 6 nitrogen and oxygen atoms in total. The Morgan fingerprint density at radius 3 is 2.86 bits per heavy atom. The van der Waals surface area contributed by atoms with Crippen molar-refractivity contribution in [3.05, 3.63) is 35.3 Å². The third-order valence-electron chi connectivity index (χ3n) is 3.41. The molecule has 0 bridgehead atoms. The molecule has 0 aliphatic carbocycles. The Labute approximate surface area is 141 Å². The molecule has 124 valence electrons. The van der Waals surface area contributed by atoms with E-state index >= 15 is 0 Å². The van der Waals surface area contributed by atoms with Gasteiger partial charge in [0.2, 0.25) is 0 Å². The standard InChI is InChI=1S/C14H21ClN4O2.ClH/c15-13(10-18-6-2-1-3-7-18)11-21-17-14(16)12-5-4-8-19(20)9-12;/h4-5,8-9,13H,1-3,6-7,10-11H2,(H2,16,17);1H. The summed E-state index contributed by atoms with van der Waals surface area (Å²) in [5.74, 6) is 0.0436. The lowest BCUT2D eigenvalue weighted by molar-refractivity contribution is -0.605. The van der Waals surface area contributed by atoms with Gasteiger partial charge in [-0.1, -0.05) is 6.42 Å². The van der Waals surface area contributed by atoms with E-state index in [1.54, 1.807) is 12.1 Å². The summed E-state index contributed by atoms with van der Waals surface area (Å²) in [4.78, 5) is 7.59. The molecule has 1 aromatic heterocycles. The van der Waals surface area contributed by atoms with Gasteiger partial charge in [-0.25, -0.2) is 5.48 Å². The molecule has 0 spiro atoms. The molecule has 1 atom stereocenters. The van der Waals surface area contributed by atoms with Gasteiger partial charge in [-0.3, -0.25) is 10.2 Å². The fourth-order valence-corrected chi connectivity index (χ4v) is 2.60. The highest BCUT2D eigenvalue weighted by Gasteiger charge is 2.15. The van der Waals surface area contributed by atoms with E-state index in [0.717, 1.165) is 19.6 Å². The Morgan fingerprint density at radius 2 is 2.18 bits per heavy atom. The second kappa shape index (κ2) is 9.84. The van der Waals surface area contributed by atoms with Crippen molar-refractivity contribution < 1.29 is 9.57 Å². The van der Waals surface area contributed by atoms with Crippen LogP contribution in [0.5, 0.6) is 0 Å². The van der Waals surface area contributed by atoms with Crippen molar-refractivity contribution in [2.75, 3.05) is 26.2 Å². The summed E-state index contributed by atoms with van der Waals surface area (Å²) in [5.41, 5.74) is 2.99. The highest BCUT2D eigenvalue weighted by atomic mass is 35.5. The van der Waals surface area contributed by atoms with Gasteiger partial charge in [0.05, 0.1) is 17.5 Å². The van der Waals surface area contributed by atoms with Gasteiger partial charge in [0.1, 0.15) is 0 Å². The number of aromatic nitrogens is 1. The summed E-state index contributed by atoms with van der Waals surface area (Å²) in [5, 5.41) is 18.8. The first kappa shape index (κ1) is 19.0. The SMILES string of the molecule is Cl.N=C(NOCC(Cl)CN1CCCCC1)c1ccc[n+]([O-])c1. The average Bonchev–Trinajstić information content (AvgIpc) is 2.48. The number of hydrogen-bond acceptors (Lipinski definition) is 4. The molecule has 2 N–H and O–H groups in total. The lowest BCUT2D eigenvalue weighted by atomic mass is 10.1. The number of nitrogens with zero attached hydrogens (tertiary/aromatic N) is 2. The summed E-state index contributed by atoms with van der Waals surface area (Å²) in [6, 6.07) is 3.25. The first-order valence-electron chi connectivity index (χ1n) is 7.17. The van der Waals surface area contributed by atoms with Crippen molar-refractivity contribution in [1.29, 1.82) is 5.41 Å². The van der Waals surface area contributed by atoms with Crippen LogP contribution in [0.3, 0.4) is 0 Å². The second-order valence-corrected chi connectivity index (χ2v) is 5.82. The van der Waals surface area contributed by atoms with Crippen LogP contribution in [-0.2, 0) is 4.84 Å². The number of nitrogens with one attached hydrogen (secondary N) is 2. The number of pyridine rings is 1. The summed E-state index contributed by atoms with van der Waals surface area (Å²) < 4.78 is 0.645. The Hall–Kier alpha value is -1.08. The molecular weight excluding hydrogens is 327 g/mol. The van der Waals surface area contributed by atoms with Gasteiger partial charge in [-0.05, 0) is 32.0 Å². The van der Waals surface area contributed by atoms with E-state index < -0.39 is 0 Å². The van der Waals surface area contributed by atoms with Crippen LogP contribution in [0.4, 0.5) is 0 Å². The van der Waals surface area contributed by atoms with Crippen molar-refractivity contribution >= 4 is 29.8 Å². The molecule has 1 saturated heterocycles. The highest BCUT2D eigenvalue weighted by Crippen LogP contribution is 2.10. The molecule has 1 unspecified atom stereocenters. The molecular formula is C14H22Cl2N4O2. The monoisotopic (exact) mass is 348 g/mol. The van der Waals surface area contributed by atoms with Crippen LogP contribution in [0, 0.1) is 10.6 Å². The van der Waals surface area contributed by atoms with Crippen molar-refractivity contribution in [1.82, 2.24) is 10.4 Å². The number of hydrogen-bond donors (Lipinski definition) is 2. The lowest BCUT2D eigenvalue weighted by Gasteiger charge is -2.28. The van der Waals surface area contributed by atoms with Gasteiger partial charge in [0.25, 0.3) is 0 Å². The van der Waals surface area contributed by atoms with Gasteiger partial charge in [-0.2, -0.15) is 4.73 Å². The maximum absolute atomic E-state index is 11.1. The van der Waals surface area contributed by atoms with Crippen molar-refractivity contribution in [3.8, 4) is 0 Å². The minimum absolute atomic E-state index is 0. The van der Waals surface area contributed by atoms with Crippen molar-refractivity contribution in [2.24, 2.45) is 0 Å². The zero-order valence-electron chi connectivity index (χ0n) is 12.3. The first-order valence-corrected chi connectivity index (χ1v) is 7.61. The number of amidine groups is 1. The van der Waals surface area contributed by atoms with Crippen molar-refractivity contribution in [3.63, 3.8) is 0 Å². The zero-order valence-corrected chi connectivity index (χ0v) is 13.9. The maximum Gasteiger partial charge on any atom is 0.191 e. The van der Waals surface area contributed by atoms with Gasteiger partial charge in [0.15, 0.2) is 18.2 Å². The van der Waals surface area contributed by atoms with Gasteiger partial charge < -0.3 is 10.1 Å². The number of rotatable bonds is 6. The van der Waals surface area contributed by atoms with E-state index in [4.69, 9.17) is 21.8 Å². The topological polar surface area (TPSA) is 75.3 Å². The minimum atomic E-state index is -0.122. The fraction of sp³-hybridized carbons (Fsp3) is 0.571. The molecule has 2 heterocycles. The van der Waals surface area contributed by atoms with Crippen LogP contribution >= 0.6 is 24.0 Å². The minimum Gasteiger partial charge on any atom is -0.619 e. The summed E-state index contributed by atoms with van der Waals surface area (Å²) in [6.07, 6.45) is 6.44. The lowest BCUT2D eigenvalue weighted by Crippen LogP contribution is -2.37. The van der Waals surface area contributed by atoms with E-state index in [2.05, 4.69) is 10.4 Å². The predicted octanol–water partition coefficient (Wildman–Crippen LogP) is 1.68. The summed E-state index contributed by atoms with van der Waals surface area (Å²) in [7, 11) is 0. The fourth-order valence-electron chi connectivity index (χ4n) is 2.34. The predicted molar refractivity (Wildman–Crippen MR) is 88.5 cm³/mol. The Bertz CT molecular complexity index is 470. The van der Waals surface area contributed by atoms with E-state index in [0.29, 0.717) is 16.9 Å². The molecule has 0 amide bonds. The molecule has 8 heteroatoms. The van der Waals surface area contributed by atoms with E-state index in [1.165, 1.54) is 31.7 Å². The Balaban J connectivity index is 0.00000242. The maximum atomic E-state index is 11.1. The number of halogens is 2. The molecule has 1 aliphatic rings. The van der Waals surface area contributed by atoms with Crippen LogP contribution in [0.1, 0.15) is 24.8 Å². The quantitative estimate of drug-likeness (QED) is 0.205. The first-order chi connectivity index (χ1) is 10.1. The van der Waals surface area contributed by atoms with Crippen LogP contribution < -0.4 is 10.2 Å². The third-order valence-corrected chi connectivity index (χ3v) is 3.67. The van der Waals surface area contributed by atoms with E-state index in [1.807, 2.05) is 0 Å². The van der Waals surface area contributed by atoms with Gasteiger partial charge in [-0.15, -0.1) is 24.0 Å². The largest absolute Gasteiger partial charge is 0.619 e.